The molecule has 0 bridgehead atoms. The van der Waals surface area contributed by atoms with Gasteiger partial charge < -0.3 is 18.9 Å². The molecule has 0 amide bonds. The maximum atomic E-state index is 13.2. The summed E-state index contributed by atoms with van der Waals surface area (Å²) in [5.74, 6) is 3.59. The molecule has 0 radical (unpaired) electrons. The highest BCUT2D eigenvalue weighted by atomic mass is 31.1. The second-order valence-electron chi connectivity index (χ2n) is 8.21. The van der Waals surface area contributed by atoms with Crippen LogP contribution in [-0.4, -0.2) is 33.0 Å². The van der Waals surface area contributed by atoms with E-state index in [4.69, 9.17) is 18.9 Å². The Morgan fingerprint density at radius 2 is 1.42 bits per heavy atom. The first-order chi connectivity index (χ1) is 14.8. The molecule has 2 aromatic rings. The van der Waals surface area contributed by atoms with Gasteiger partial charge in [0.25, 0.3) is 0 Å². The summed E-state index contributed by atoms with van der Waals surface area (Å²) >= 11 is 0. The Hall–Kier alpha value is -2.26. The summed E-state index contributed by atoms with van der Waals surface area (Å²) in [7, 11) is 2.98. The predicted octanol–water partition coefficient (Wildman–Crippen LogP) is 5.70. The highest BCUT2D eigenvalue weighted by molar-refractivity contribution is 7.66. The Bertz CT molecular complexity index is 826. The fourth-order valence-electron chi connectivity index (χ4n) is 2.89. The van der Waals surface area contributed by atoms with E-state index in [9.17, 15) is 4.79 Å². The number of carbonyl (C=O) groups is 1. The molecule has 0 aliphatic carbocycles. The summed E-state index contributed by atoms with van der Waals surface area (Å²) < 4.78 is 22.8. The maximum absolute atomic E-state index is 13.2. The van der Waals surface area contributed by atoms with Crippen LogP contribution in [0.1, 0.15) is 50.9 Å². The number of carbonyl (C=O) groups excluding carboxylic acids is 1. The van der Waals surface area contributed by atoms with Gasteiger partial charge in [-0.1, -0.05) is 33.8 Å². The van der Waals surface area contributed by atoms with Crippen LogP contribution >= 0.6 is 8.58 Å². The molecule has 6 heteroatoms. The number of hydrogen-bond acceptors (Lipinski definition) is 5. The van der Waals surface area contributed by atoms with Gasteiger partial charge in [0.05, 0.1) is 27.4 Å². The molecule has 170 valence electrons. The van der Waals surface area contributed by atoms with Crippen molar-refractivity contribution in [2.75, 3.05) is 27.4 Å². The molecule has 2 rings (SSSR count). The van der Waals surface area contributed by atoms with Crippen LogP contribution in [0.15, 0.2) is 36.4 Å². The molecule has 0 fully saturated rings. The van der Waals surface area contributed by atoms with E-state index in [2.05, 4.69) is 27.7 Å². The molecule has 0 saturated carbocycles. The van der Waals surface area contributed by atoms with E-state index in [0.29, 0.717) is 47.9 Å². The number of benzene rings is 2. The molecule has 0 aliphatic heterocycles. The van der Waals surface area contributed by atoms with Crippen molar-refractivity contribution in [2.45, 2.75) is 40.5 Å². The number of rotatable bonds is 13. The van der Waals surface area contributed by atoms with Gasteiger partial charge in [-0.15, -0.1) is 0 Å². The van der Waals surface area contributed by atoms with Crippen molar-refractivity contribution in [3.05, 3.63) is 42.0 Å². The molecule has 2 aromatic carbocycles. The molecule has 0 saturated heterocycles. The van der Waals surface area contributed by atoms with Gasteiger partial charge >= 0.3 is 0 Å². The van der Waals surface area contributed by atoms with Crippen molar-refractivity contribution in [3.63, 3.8) is 0 Å². The molecule has 1 unspecified atom stereocenters. The summed E-state index contributed by atoms with van der Waals surface area (Å²) in [5.41, 5.74) is 0.396. The lowest BCUT2D eigenvalue weighted by Crippen LogP contribution is -2.11. The Balaban J connectivity index is 2.26. The topological polar surface area (TPSA) is 54.0 Å². The summed E-state index contributed by atoms with van der Waals surface area (Å²) in [6.45, 7) is 9.92. The summed E-state index contributed by atoms with van der Waals surface area (Å²) in [5, 5.41) is 0.845. The van der Waals surface area contributed by atoms with Crippen molar-refractivity contribution < 1.29 is 23.7 Å². The second kappa shape index (κ2) is 12.6. The zero-order chi connectivity index (χ0) is 22.8. The minimum absolute atomic E-state index is 0.0588. The quantitative estimate of drug-likeness (QED) is 0.370. The van der Waals surface area contributed by atoms with Crippen molar-refractivity contribution in [1.29, 1.82) is 0 Å². The number of ether oxygens (including phenoxy) is 4. The van der Waals surface area contributed by atoms with Crippen LogP contribution in [0.3, 0.4) is 0 Å². The van der Waals surface area contributed by atoms with Gasteiger partial charge in [-0.3, -0.25) is 4.79 Å². The Labute approximate surface area is 188 Å². The van der Waals surface area contributed by atoms with Gasteiger partial charge in [-0.05, 0) is 57.5 Å². The molecule has 0 N–H and O–H groups in total. The molecule has 0 aliphatic rings. The highest BCUT2D eigenvalue weighted by Crippen LogP contribution is 2.35. The SMILES string of the molecule is COc1cccc(OC)c1C(=O)Pc1ccc(OCCC(C)C)cc1OCCC(C)C. The van der Waals surface area contributed by atoms with E-state index in [1.165, 1.54) is 0 Å². The predicted molar refractivity (Wildman–Crippen MR) is 128 cm³/mol. The van der Waals surface area contributed by atoms with Crippen molar-refractivity contribution >= 4 is 19.4 Å². The molecule has 0 aromatic heterocycles. The smallest absolute Gasteiger partial charge is 0.193 e. The van der Waals surface area contributed by atoms with Gasteiger partial charge in [-0.25, -0.2) is 0 Å². The molecule has 31 heavy (non-hydrogen) atoms. The van der Waals surface area contributed by atoms with E-state index < -0.39 is 0 Å². The fraction of sp³-hybridized carbons (Fsp3) is 0.480. The third-order valence-electron chi connectivity index (χ3n) is 4.77. The molecular formula is C25H35O5P. The van der Waals surface area contributed by atoms with Gasteiger partial charge in [0.1, 0.15) is 28.6 Å². The van der Waals surface area contributed by atoms with E-state index >= 15 is 0 Å². The lowest BCUT2D eigenvalue weighted by molar-refractivity contribution is 0.108. The first-order valence-electron chi connectivity index (χ1n) is 10.8. The highest BCUT2D eigenvalue weighted by Gasteiger charge is 2.20. The third kappa shape index (κ3) is 7.74. The fourth-order valence-corrected chi connectivity index (χ4v) is 3.94. The second-order valence-corrected chi connectivity index (χ2v) is 9.45. The van der Waals surface area contributed by atoms with Gasteiger partial charge in [-0.2, -0.15) is 0 Å². The Morgan fingerprint density at radius 3 is 1.97 bits per heavy atom. The third-order valence-corrected chi connectivity index (χ3v) is 5.93. The van der Waals surface area contributed by atoms with Crippen molar-refractivity contribution in [1.82, 2.24) is 0 Å². The first-order valence-corrected chi connectivity index (χ1v) is 11.8. The summed E-state index contributed by atoms with van der Waals surface area (Å²) in [6.07, 6.45) is 1.92. The average molecular weight is 447 g/mol. The molecule has 5 nitrogen and oxygen atoms in total. The minimum Gasteiger partial charge on any atom is -0.496 e. The summed E-state index contributed by atoms with van der Waals surface area (Å²) in [6, 6.07) is 11.1. The van der Waals surface area contributed by atoms with Crippen LogP contribution in [0.4, 0.5) is 0 Å². The van der Waals surface area contributed by atoms with Gasteiger partial charge in [0.2, 0.25) is 0 Å². The monoisotopic (exact) mass is 446 g/mol. The van der Waals surface area contributed by atoms with Crippen molar-refractivity contribution in [3.8, 4) is 23.0 Å². The van der Waals surface area contributed by atoms with E-state index in [1.54, 1.807) is 32.4 Å². The normalized spacial score (nSPS) is 11.4. The zero-order valence-electron chi connectivity index (χ0n) is 19.5. The van der Waals surface area contributed by atoms with Crippen LogP contribution in [-0.2, 0) is 0 Å². The van der Waals surface area contributed by atoms with Crippen molar-refractivity contribution in [2.24, 2.45) is 11.8 Å². The summed E-state index contributed by atoms with van der Waals surface area (Å²) in [4.78, 5) is 13.2. The standard InChI is InChI=1S/C25H35O5P/c1-17(2)12-14-29-19-10-11-23(22(16-19)30-15-13-18(3)4)31-25(26)24-20(27-5)8-7-9-21(24)28-6/h7-11,16-18,31H,12-15H2,1-6H3. The minimum atomic E-state index is -0.126. The van der Waals surface area contributed by atoms with E-state index in [0.717, 1.165) is 23.9 Å². The van der Waals surface area contributed by atoms with Gasteiger partial charge in [0.15, 0.2) is 5.52 Å². The van der Waals surface area contributed by atoms with Crippen LogP contribution in [0.2, 0.25) is 0 Å². The van der Waals surface area contributed by atoms with Crippen LogP contribution in [0.25, 0.3) is 0 Å². The molecule has 0 spiro atoms. The lowest BCUT2D eigenvalue weighted by Gasteiger charge is -2.16. The average Bonchev–Trinajstić information content (AvgIpc) is 2.74. The van der Waals surface area contributed by atoms with Crippen LogP contribution < -0.4 is 24.3 Å². The van der Waals surface area contributed by atoms with Crippen LogP contribution in [0, 0.1) is 11.8 Å². The molecular weight excluding hydrogens is 411 g/mol. The Kier molecular flexibility index (Phi) is 10.1. The zero-order valence-corrected chi connectivity index (χ0v) is 20.5. The van der Waals surface area contributed by atoms with E-state index in [-0.39, 0.29) is 14.1 Å². The van der Waals surface area contributed by atoms with Gasteiger partial charge in [0, 0.05) is 11.4 Å². The number of methoxy groups -OCH3 is 2. The van der Waals surface area contributed by atoms with E-state index in [1.807, 2.05) is 18.2 Å². The van der Waals surface area contributed by atoms with Crippen LogP contribution in [0.5, 0.6) is 23.0 Å². The first kappa shape index (κ1) is 25.0. The molecule has 1 atom stereocenters. The lowest BCUT2D eigenvalue weighted by atomic mass is 10.1. The maximum Gasteiger partial charge on any atom is 0.193 e. The number of hydrogen-bond donors (Lipinski definition) is 0. The molecule has 0 heterocycles. The largest absolute Gasteiger partial charge is 0.496 e. The Morgan fingerprint density at radius 1 is 0.839 bits per heavy atom.